The summed E-state index contributed by atoms with van der Waals surface area (Å²) in [5.74, 6) is -0.763. The van der Waals surface area contributed by atoms with E-state index >= 15 is 0 Å². The molecule has 4 amide bonds. The predicted octanol–water partition coefficient (Wildman–Crippen LogP) is 3.09. The molecule has 6 heteroatoms. The van der Waals surface area contributed by atoms with Crippen LogP contribution in [-0.4, -0.2) is 34.8 Å². The van der Waals surface area contributed by atoms with Gasteiger partial charge in [-0.3, -0.25) is 14.5 Å². The lowest BCUT2D eigenvalue weighted by Crippen LogP contribution is -2.50. The van der Waals surface area contributed by atoms with Crippen molar-refractivity contribution in [3.8, 4) is 0 Å². The quantitative estimate of drug-likeness (QED) is 0.779. The summed E-state index contributed by atoms with van der Waals surface area (Å²) in [7, 11) is 0. The molecule has 1 saturated heterocycles. The first-order valence-corrected chi connectivity index (χ1v) is 9.26. The molecule has 1 fully saturated rings. The molecule has 0 saturated carbocycles. The topological polar surface area (TPSA) is 78.5 Å². The molecule has 1 atom stereocenters. The van der Waals surface area contributed by atoms with Crippen LogP contribution in [-0.2, 0) is 15.1 Å². The fourth-order valence-corrected chi connectivity index (χ4v) is 3.85. The summed E-state index contributed by atoms with van der Waals surface area (Å²) in [5, 5.41) is 5.67. The van der Waals surface area contributed by atoms with Crippen LogP contribution in [0.1, 0.15) is 59.1 Å². The van der Waals surface area contributed by atoms with Gasteiger partial charge in [0.1, 0.15) is 12.1 Å². The molecule has 1 aliphatic rings. The number of rotatable bonds is 5. The third-order valence-corrected chi connectivity index (χ3v) is 4.66. The van der Waals surface area contributed by atoms with Gasteiger partial charge in [-0.05, 0) is 45.1 Å². The Morgan fingerprint density at radius 2 is 1.67 bits per heavy atom. The van der Waals surface area contributed by atoms with Crippen LogP contribution in [0, 0.1) is 12.3 Å². The van der Waals surface area contributed by atoms with Crippen LogP contribution in [0.2, 0.25) is 0 Å². The number of benzene rings is 1. The van der Waals surface area contributed by atoms with E-state index in [2.05, 4.69) is 31.4 Å². The SMILES string of the molecule is Cc1ccc(C2(C)NC(=O)N(CC(=O)NC(C)(C)CC(C)(C)C)C2=O)cc1. The maximum absolute atomic E-state index is 12.9. The summed E-state index contributed by atoms with van der Waals surface area (Å²) < 4.78 is 0. The molecule has 0 aliphatic carbocycles. The number of hydrogen-bond acceptors (Lipinski definition) is 3. The van der Waals surface area contributed by atoms with Gasteiger partial charge in [0.05, 0.1) is 0 Å². The number of aryl methyl sites for hydroxylation is 1. The molecule has 2 rings (SSSR count). The highest BCUT2D eigenvalue weighted by molar-refractivity contribution is 6.09. The Labute approximate surface area is 161 Å². The van der Waals surface area contributed by atoms with Gasteiger partial charge >= 0.3 is 6.03 Å². The Morgan fingerprint density at radius 1 is 1.11 bits per heavy atom. The van der Waals surface area contributed by atoms with Crippen molar-refractivity contribution in [3.05, 3.63) is 35.4 Å². The zero-order valence-corrected chi connectivity index (χ0v) is 17.4. The Kier molecular flexibility index (Phi) is 5.41. The minimum atomic E-state index is -1.16. The number of carbonyl (C=O) groups excluding carboxylic acids is 3. The average Bonchev–Trinajstić information content (AvgIpc) is 2.69. The van der Waals surface area contributed by atoms with E-state index in [1.807, 2.05) is 45.0 Å². The normalized spacial score (nSPS) is 20.6. The second-order valence-corrected chi connectivity index (χ2v) is 9.48. The summed E-state index contributed by atoms with van der Waals surface area (Å²) in [6.07, 6.45) is 0.771. The second-order valence-electron chi connectivity index (χ2n) is 9.48. The van der Waals surface area contributed by atoms with Crippen molar-refractivity contribution in [2.75, 3.05) is 6.54 Å². The molecule has 148 valence electrons. The van der Waals surface area contributed by atoms with Crippen molar-refractivity contribution in [2.24, 2.45) is 5.41 Å². The van der Waals surface area contributed by atoms with Gasteiger partial charge in [-0.1, -0.05) is 50.6 Å². The molecule has 27 heavy (non-hydrogen) atoms. The maximum Gasteiger partial charge on any atom is 0.325 e. The van der Waals surface area contributed by atoms with E-state index in [1.165, 1.54) is 0 Å². The lowest BCUT2D eigenvalue weighted by atomic mass is 9.82. The highest BCUT2D eigenvalue weighted by Gasteiger charge is 2.49. The minimum Gasteiger partial charge on any atom is -0.350 e. The van der Waals surface area contributed by atoms with Gasteiger partial charge in [-0.2, -0.15) is 0 Å². The van der Waals surface area contributed by atoms with Gasteiger partial charge in [-0.15, -0.1) is 0 Å². The van der Waals surface area contributed by atoms with E-state index in [4.69, 9.17) is 0 Å². The molecule has 1 aromatic carbocycles. The highest BCUT2D eigenvalue weighted by Crippen LogP contribution is 2.29. The van der Waals surface area contributed by atoms with E-state index in [9.17, 15) is 14.4 Å². The Morgan fingerprint density at radius 3 is 2.19 bits per heavy atom. The Balaban J connectivity index is 2.11. The van der Waals surface area contributed by atoms with Crippen molar-refractivity contribution in [1.29, 1.82) is 0 Å². The lowest BCUT2D eigenvalue weighted by molar-refractivity contribution is -0.135. The Bertz CT molecular complexity index is 747. The zero-order valence-electron chi connectivity index (χ0n) is 17.4. The van der Waals surface area contributed by atoms with Gasteiger partial charge in [0, 0.05) is 5.54 Å². The number of urea groups is 1. The first-order valence-electron chi connectivity index (χ1n) is 9.26. The molecule has 1 aromatic rings. The van der Waals surface area contributed by atoms with E-state index in [0.717, 1.165) is 16.9 Å². The van der Waals surface area contributed by atoms with Crippen molar-refractivity contribution < 1.29 is 14.4 Å². The molecule has 0 aromatic heterocycles. The van der Waals surface area contributed by atoms with Crippen LogP contribution >= 0.6 is 0 Å². The fraction of sp³-hybridized carbons (Fsp3) is 0.571. The lowest BCUT2D eigenvalue weighted by Gasteiger charge is -2.33. The van der Waals surface area contributed by atoms with Gasteiger partial charge in [-0.25, -0.2) is 4.79 Å². The molecule has 1 heterocycles. The molecule has 0 bridgehead atoms. The number of amides is 4. The summed E-state index contributed by atoms with van der Waals surface area (Å²) in [4.78, 5) is 38.8. The van der Waals surface area contributed by atoms with Crippen molar-refractivity contribution >= 4 is 17.8 Å². The van der Waals surface area contributed by atoms with E-state index < -0.39 is 23.0 Å². The molecule has 6 nitrogen and oxygen atoms in total. The number of nitrogens with zero attached hydrogens (tertiary/aromatic N) is 1. The summed E-state index contributed by atoms with van der Waals surface area (Å²) in [5.41, 5.74) is 0.210. The fourth-order valence-electron chi connectivity index (χ4n) is 3.85. The van der Waals surface area contributed by atoms with E-state index in [1.54, 1.807) is 6.92 Å². The smallest absolute Gasteiger partial charge is 0.325 e. The third kappa shape index (κ3) is 4.87. The summed E-state index contributed by atoms with van der Waals surface area (Å²) in [6.45, 7) is 13.5. The highest BCUT2D eigenvalue weighted by atomic mass is 16.2. The van der Waals surface area contributed by atoms with Crippen LogP contribution in [0.4, 0.5) is 4.79 Å². The van der Waals surface area contributed by atoms with Crippen LogP contribution < -0.4 is 10.6 Å². The molecular weight excluding hydrogens is 342 g/mol. The molecule has 0 spiro atoms. The molecule has 2 N–H and O–H groups in total. The first-order chi connectivity index (χ1) is 12.2. The summed E-state index contributed by atoms with van der Waals surface area (Å²) in [6, 6.07) is 6.88. The first kappa shape index (κ1) is 20.9. The third-order valence-electron chi connectivity index (χ3n) is 4.66. The van der Waals surface area contributed by atoms with E-state index in [0.29, 0.717) is 5.56 Å². The predicted molar refractivity (Wildman–Crippen MR) is 105 cm³/mol. The molecule has 1 unspecified atom stereocenters. The summed E-state index contributed by atoms with van der Waals surface area (Å²) >= 11 is 0. The second kappa shape index (κ2) is 6.98. The van der Waals surface area contributed by atoms with E-state index in [-0.39, 0.29) is 17.9 Å². The largest absolute Gasteiger partial charge is 0.350 e. The molecular formula is C21H31N3O3. The number of carbonyl (C=O) groups is 3. The van der Waals surface area contributed by atoms with Crippen LogP contribution in [0.15, 0.2) is 24.3 Å². The Hall–Kier alpha value is -2.37. The van der Waals surface area contributed by atoms with Crippen LogP contribution in [0.25, 0.3) is 0 Å². The maximum atomic E-state index is 12.9. The van der Waals surface area contributed by atoms with Crippen molar-refractivity contribution in [2.45, 2.75) is 66.0 Å². The standard InChI is InChI=1S/C21H31N3O3/c1-14-8-10-15(11-9-14)21(7)17(26)24(18(27)23-21)12-16(25)22-20(5,6)13-19(2,3)4/h8-11H,12-13H2,1-7H3,(H,22,25)(H,23,27). The number of imide groups is 1. The van der Waals surface area contributed by atoms with Crippen molar-refractivity contribution in [3.63, 3.8) is 0 Å². The monoisotopic (exact) mass is 373 g/mol. The molecule has 1 aliphatic heterocycles. The average molecular weight is 373 g/mol. The number of hydrogen-bond donors (Lipinski definition) is 2. The van der Waals surface area contributed by atoms with Crippen LogP contribution in [0.3, 0.4) is 0 Å². The van der Waals surface area contributed by atoms with Crippen LogP contribution in [0.5, 0.6) is 0 Å². The molecule has 0 radical (unpaired) electrons. The number of nitrogens with one attached hydrogen (secondary N) is 2. The zero-order chi connectivity index (χ0) is 20.6. The van der Waals surface area contributed by atoms with Gasteiger partial charge < -0.3 is 10.6 Å². The van der Waals surface area contributed by atoms with Gasteiger partial charge in [0.2, 0.25) is 5.91 Å². The van der Waals surface area contributed by atoms with Gasteiger partial charge in [0.25, 0.3) is 5.91 Å². The van der Waals surface area contributed by atoms with Gasteiger partial charge in [0.15, 0.2) is 0 Å². The minimum absolute atomic E-state index is 0.0433. The van der Waals surface area contributed by atoms with Crippen molar-refractivity contribution in [1.82, 2.24) is 15.5 Å².